The van der Waals surface area contributed by atoms with E-state index in [4.69, 9.17) is 0 Å². The molecule has 0 radical (unpaired) electrons. The lowest BCUT2D eigenvalue weighted by atomic mass is 10.1. The zero-order valence-electron chi connectivity index (χ0n) is 13.4. The van der Waals surface area contributed by atoms with Gasteiger partial charge in [0.05, 0.1) is 5.75 Å². The van der Waals surface area contributed by atoms with Crippen LogP contribution in [0.4, 0.5) is 5.69 Å². The quantitative estimate of drug-likeness (QED) is 0.814. The molecule has 0 aromatic heterocycles. The fourth-order valence-corrected chi connectivity index (χ4v) is 3.22. The number of anilines is 1. The first-order valence-electron chi connectivity index (χ1n) is 7.66. The van der Waals surface area contributed by atoms with Crippen molar-refractivity contribution in [2.24, 2.45) is 0 Å². The molecule has 2 aromatic rings. The van der Waals surface area contributed by atoms with Gasteiger partial charge in [-0.3, -0.25) is 4.79 Å². The Morgan fingerprint density at radius 2 is 1.86 bits per heavy atom. The second kappa shape index (κ2) is 8.04. The Kier molecular flexibility index (Phi) is 6.08. The van der Waals surface area contributed by atoms with Crippen molar-refractivity contribution in [1.29, 1.82) is 0 Å². The largest absolute Gasteiger partial charge is 0.325 e. The molecule has 0 bridgehead atoms. The third kappa shape index (κ3) is 4.38. The van der Waals surface area contributed by atoms with Crippen molar-refractivity contribution in [3.05, 3.63) is 65.2 Å². The second-order valence-corrected chi connectivity index (χ2v) is 6.70. The Balaban J connectivity index is 1.94. The fraction of sp³-hybridized carbons (Fsp3) is 0.316. The van der Waals surface area contributed by atoms with Crippen LogP contribution >= 0.6 is 11.8 Å². The van der Waals surface area contributed by atoms with E-state index in [1.165, 1.54) is 11.1 Å². The predicted molar refractivity (Wildman–Crippen MR) is 96.5 cm³/mol. The van der Waals surface area contributed by atoms with E-state index in [1.807, 2.05) is 37.3 Å². The average Bonchev–Trinajstić information content (AvgIpc) is 2.55. The van der Waals surface area contributed by atoms with Crippen LogP contribution in [0.5, 0.6) is 0 Å². The smallest absolute Gasteiger partial charge is 0.234 e. The van der Waals surface area contributed by atoms with Gasteiger partial charge in [0.1, 0.15) is 0 Å². The van der Waals surface area contributed by atoms with E-state index in [2.05, 4.69) is 37.4 Å². The molecule has 1 amide bonds. The highest BCUT2D eigenvalue weighted by molar-refractivity contribution is 8.00. The molecule has 1 atom stereocenters. The minimum absolute atomic E-state index is 0.0665. The predicted octanol–water partition coefficient (Wildman–Crippen LogP) is 4.99. The molecule has 116 valence electrons. The Bertz CT molecular complexity index is 625. The van der Waals surface area contributed by atoms with Crippen LogP contribution in [-0.4, -0.2) is 11.7 Å². The molecule has 0 saturated carbocycles. The summed E-state index contributed by atoms with van der Waals surface area (Å²) in [5.74, 6) is 0.532. The number of rotatable bonds is 6. The maximum absolute atomic E-state index is 12.2. The Morgan fingerprint density at radius 1 is 1.14 bits per heavy atom. The lowest BCUT2D eigenvalue weighted by molar-refractivity contribution is -0.113. The third-order valence-electron chi connectivity index (χ3n) is 3.74. The molecule has 0 aliphatic heterocycles. The van der Waals surface area contributed by atoms with Gasteiger partial charge in [0, 0.05) is 10.9 Å². The van der Waals surface area contributed by atoms with Crippen LogP contribution in [0.25, 0.3) is 0 Å². The van der Waals surface area contributed by atoms with Gasteiger partial charge in [0.25, 0.3) is 0 Å². The van der Waals surface area contributed by atoms with Gasteiger partial charge in [0.15, 0.2) is 0 Å². The van der Waals surface area contributed by atoms with E-state index in [-0.39, 0.29) is 5.91 Å². The topological polar surface area (TPSA) is 29.1 Å². The van der Waals surface area contributed by atoms with Crippen LogP contribution in [0.15, 0.2) is 48.5 Å². The van der Waals surface area contributed by atoms with Crippen LogP contribution in [-0.2, 0) is 11.2 Å². The molecule has 0 unspecified atom stereocenters. The van der Waals surface area contributed by atoms with E-state index in [9.17, 15) is 4.79 Å². The van der Waals surface area contributed by atoms with E-state index in [1.54, 1.807) is 11.8 Å². The third-order valence-corrected chi connectivity index (χ3v) is 4.94. The summed E-state index contributed by atoms with van der Waals surface area (Å²) in [6.45, 7) is 6.28. The van der Waals surface area contributed by atoms with Crippen molar-refractivity contribution >= 4 is 23.4 Å². The highest BCUT2D eigenvalue weighted by Crippen LogP contribution is 2.28. The van der Waals surface area contributed by atoms with Gasteiger partial charge in [-0.25, -0.2) is 0 Å². The maximum Gasteiger partial charge on any atom is 0.234 e. The average molecular weight is 313 g/mol. The standard InChI is InChI=1S/C19H23NOS/c1-4-16-12-8-9-14(2)19(16)20-18(21)13-22-15(3)17-10-6-5-7-11-17/h5-12,15H,4,13H2,1-3H3,(H,20,21)/t15-/m0/s1. The molecular weight excluding hydrogens is 290 g/mol. The van der Waals surface area contributed by atoms with Gasteiger partial charge in [-0.1, -0.05) is 55.5 Å². The van der Waals surface area contributed by atoms with Crippen LogP contribution in [0.2, 0.25) is 0 Å². The molecule has 0 saturated heterocycles. The summed E-state index contributed by atoms with van der Waals surface area (Å²) in [4.78, 5) is 12.2. The van der Waals surface area contributed by atoms with Crippen molar-refractivity contribution < 1.29 is 4.79 Å². The number of hydrogen-bond donors (Lipinski definition) is 1. The molecule has 0 fully saturated rings. The molecule has 22 heavy (non-hydrogen) atoms. The Morgan fingerprint density at radius 3 is 2.55 bits per heavy atom. The summed E-state index contributed by atoms with van der Waals surface area (Å²) < 4.78 is 0. The molecule has 2 nitrogen and oxygen atoms in total. The first kappa shape index (κ1) is 16.6. The Hall–Kier alpha value is -1.74. The van der Waals surface area contributed by atoms with Crippen molar-refractivity contribution in [2.45, 2.75) is 32.4 Å². The minimum atomic E-state index is 0.0665. The fourth-order valence-electron chi connectivity index (χ4n) is 2.40. The summed E-state index contributed by atoms with van der Waals surface area (Å²) >= 11 is 1.66. The Labute approximate surface area is 137 Å². The zero-order valence-corrected chi connectivity index (χ0v) is 14.2. The highest BCUT2D eigenvalue weighted by atomic mass is 32.2. The summed E-state index contributed by atoms with van der Waals surface area (Å²) in [6, 6.07) is 16.4. The summed E-state index contributed by atoms with van der Waals surface area (Å²) in [5.41, 5.74) is 4.54. The monoisotopic (exact) mass is 313 g/mol. The molecule has 0 heterocycles. The highest BCUT2D eigenvalue weighted by Gasteiger charge is 2.11. The van der Waals surface area contributed by atoms with E-state index in [0.29, 0.717) is 11.0 Å². The molecule has 3 heteroatoms. The van der Waals surface area contributed by atoms with E-state index >= 15 is 0 Å². The molecule has 1 N–H and O–H groups in total. The summed E-state index contributed by atoms with van der Waals surface area (Å²) in [6.07, 6.45) is 0.921. The molecule has 2 rings (SSSR count). The van der Waals surface area contributed by atoms with Crippen LogP contribution in [0, 0.1) is 6.92 Å². The number of thioether (sulfide) groups is 1. The van der Waals surface area contributed by atoms with E-state index < -0.39 is 0 Å². The molecule has 0 aliphatic rings. The van der Waals surface area contributed by atoms with Crippen molar-refractivity contribution in [3.8, 4) is 0 Å². The lowest BCUT2D eigenvalue weighted by Gasteiger charge is -2.14. The van der Waals surface area contributed by atoms with Crippen LogP contribution in [0.1, 0.15) is 35.8 Å². The van der Waals surface area contributed by atoms with Gasteiger partial charge in [-0.2, -0.15) is 0 Å². The molecule has 0 spiro atoms. The number of amides is 1. The number of hydrogen-bond acceptors (Lipinski definition) is 2. The first-order chi connectivity index (χ1) is 10.6. The molecular formula is C19H23NOS. The van der Waals surface area contributed by atoms with Gasteiger partial charge < -0.3 is 5.32 Å². The normalized spacial score (nSPS) is 12.0. The molecule has 0 aliphatic carbocycles. The van der Waals surface area contributed by atoms with Gasteiger partial charge in [-0.05, 0) is 37.0 Å². The first-order valence-corrected chi connectivity index (χ1v) is 8.71. The van der Waals surface area contributed by atoms with Gasteiger partial charge in [0.2, 0.25) is 5.91 Å². The van der Waals surface area contributed by atoms with Crippen LogP contribution in [0.3, 0.4) is 0 Å². The maximum atomic E-state index is 12.2. The van der Waals surface area contributed by atoms with Gasteiger partial charge in [-0.15, -0.1) is 11.8 Å². The number of para-hydroxylation sites is 1. The summed E-state index contributed by atoms with van der Waals surface area (Å²) in [7, 11) is 0. The van der Waals surface area contributed by atoms with E-state index in [0.717, 1.165) is 17.7 Å². The molecule has 2 aromatic carbocycles. The number of benzene rings is 2. The zero-order chi connectivity index (χ0) is 15.9. The van der Waals surface area contributed by atoms with Crippen molar-refractivity contribution in [2.75, 3.05) is 11.1 Å². The summed E-state index contributed by atoms with van der Waals surface area (Å²) in [5, 5.41) is 3.39. The SMILES string of the molecule is CCc1cccc(C)c1NC(=O)CS[C@@H](C)c1ccccc1. The number of nitrogens with one attached hydrogen (secondary N) is 1. The van der Waals surface area contributed by atoms with Crippen molar-refractivity contribution in [3.63, 3.8) is 0 Å². The van der Waals surface area contributed by atoms with Gasteiger partial charge >= 0.3 is 0 Å². The second-order valence-electron chi connectivity index (χ2n) is 5.37. The number of aryl methyl sites for hydroxylation is 2. The minimum Gasteiger partial charge on any atom is -0.325 e. The number of carbonyl (C=O) groups is 1. The van der Waals surface area contributed by atoms with Crippen molar-refractivity contribution in [1.82, 2.24) is 0 Å². The number of carbonyl (C=O) groups excluding carboxylic acids is 1. The van der Waals surface area contributed by atoms with Crippen LogP contribution < -0.4 is 5.32 Å². The lowest BCUT2D eigenvalue weighted by Crippen LogP contribution is -2.16.